The Bertz CT molecular complexity index is 349. The van der Waals surface area contributed by atoms with Gasteiger partial charge >= 0.3 is 0 Å². The first-order chi connectivity index (χ1) is 7.95. The summed E-state index contributed by atoms with van der Waals surface area (Å²) in [5.74, 6) is 0.797. The molecule has 2 atom stereocenters. The molecule has 0 aliphatic heterocycles. The van der Waals surface area contributed by atoms with Gasteiger partial charge in [-0.05, 0) is 19.8 Å². The van der Waals surface area contributed by atoms with E-state index in [-0.39, 0.29) is 6.61 Å². The molecule has 17 heavy (non-hydrogen) atoms. The number of hydrogen-bond donors (Lipinski definition) is 2. The number of nitrogens with one attached hydrogen (secondary N) is 1. The lowest BCUT2D eigenvalue weighted by Crippen LogP contribution is -2.25. The molecular weight excluding hydrogens is 232 g/mol. The van der Waals surface area contributed by atoms with Crippen LogP contribution < -0.4 is 5.32 Å². The zero-order chi connectivity index (χ0) is 13.0. The molecule has 98 valence electrons. The molecule has 1 rings (SSSR count). The van der Waals surface area contributed by atoms with Gasteiger partial charge in [-0.3, -0.25) is 0 Å². The van der Waals surface area contributed by atoms with Gasteiger partial charge in [0.15, 0.2) is 0 Å². The molecule has 0 bridgehead atoms. The summed E-state index contributed by atoms with van der Waals surface area (Å²) >= 11 is 1.80. The minimum atomic E-state index is 0.235. The van der Waals surface area contributed by atoms with Gasteiger partial charge in [0.2, 0.25) is 0 Å². The highest BCUT2D eigenvalue weighted by Gasteiger charge is 2.16. The second kappa shape index (κ2) is 6.47. The van der Waals surface area contributed by atoms with Crippen LogP contribution in [0.3, 0.4) is 0 Å². The van der Waals surface area contributed by atoms with Crippen molar-refractivity contribution in [2.45, 2.75) is 46.6 Å². The van der Waals surface area contributed by atoms with Gasteiger partial charge in [-0.25, -0.2) is 4.98 Å². The summed E-state index contributed by atoms with van der Waals surface area (Å²) in [4.78, 5) is 5.93. The van der Waals surface area contributed by atoms with Crippen LogP contribution >= 0.6 is 11.3 Å². The quantitative estimate of drug-likeness (QED) is 0.822. The van der Waals surface area contributed by atoms with E-state index in [1.165, 1.54) is 9.88 Å². The highest BCUT2D eigenvalue weighted by Crippen LogP contribution is 2.29. The fraction of sp³-hybridized carbons (Fsp3) is 0.769. The predicted molar refractivity (Wildman–Crippen MR) is 73.6 cm³/mol. The van der Waals surface area contributed by atoms with Crippen LogP contribution in [0, 0.1) is 12.8 Å². The molecule has 2 unspecified atom stereocenters. The molecule has 0 radical (unpaired) electrons. The topological polar surface area (TPSA) is 45.2 Å². The predicted octanol–water partition coefficient (Wildman–Crippen LogP) is 2.85. The van der Waals surface area contributed by atoms with Crippen LogP contribution in [0.15, 0.2) is 0 Å². The summed E-state index contributed by atoms with van der Waals surface area (Å²) in [6.45, 7) is 11.7. The first-order valence-corrected chi connectivity index (χ1v) is 7.08. The SMILES string of the molecule is Cc1nc(C(C)C)sc1C(C)NCC(C)CO. The Labute approximate surface area is 108 Å². The van der Waals surface area contributed by atoms with E-state index in [1.54, 1.807) is 11.3 Å². The van der Waals surface area contributed by atoms with Crippen LogP contribution in [0.25, 0.3) is 0 Å². The fourth-order valence-corrected chi connectivity index (χ4v) is 2.71. The van der Waals surface area contributed by atoms with E-state index in [1.807, 2.05) is 6.92 Å². The lowest BCUT2D eigenvalue weighted by atomic mass is 10.1. The number of hydrogen-bond acceptors (Lipinski definition) is 4. The number of aromatic nitrogens is 1. The maximum atomic E-state index is 9.00. The van der Waals surface area contributed by atoms with Crippen molar-refractivity contribution < 1.29 is 5.11 Å². The van der Waals surface area contributed by atoms with Crippen molar-refractivity contribution in [3.8, 4) is 0 Å². The number of aryl methyl sites for hydroxylation is 1. The van der Waals surface area contributed by atoms with Crippen molar-refractivity contribution in [1.82, 2.24) is 10.3 Å². The summed E-state index contributed by atoms with van der Waals surface area (Å²) in [7, 11) is 0. The Morgan fingerprint density at radius 3 is 2.41 bits per heavy atom. The fourth-order valence-electron chi connectivity index (χ4n) is 1.61. The van der Waals surface area contributed by atoms with Gasteiger partial charge in [0, 0.05) is 30.0 Å². The van der Waals surface area contributed by atoms with E-state index >= 15 is 0 Å². The van der Waals surface area contributed by atoms with E-state index < -0.39 is 0 Å². The molecule has 0 fully saturated rings. The van der Waals surface area contributed by atoms with Crippen LogP contribution in [0.5, 0.6) is 0 Å². The second-order valence-corrected chi connectivity index (χ2v) is 6.14. The first-order valence-electron chi connectivity index (χ1n) is 6.27. The number of nitrogens with zero attached hydrogens (tertiary/aromatic N) is 1. The highest BCUT2D eigenvalue weighted by atomic mass is 32.1. The third-order valence-corrected chi connectivity index (χ3v) is 4.46. The molecule has 0 spiro atoms. The zero-order valence-electron chi connectivity index (χ0n) is 11.4. The Morgan fingerprint density at radius 1 is 1.29 bits per heavy atom. The summed E-state index contributed by atoms with van der Waals surface area (Å²) in [6.07, 6.45) is 0. The van der Waals surface area contributed by atoms with Gasteiger partial charge < -0.3 is 10.4 Å². The van der Waals surface area contributed by atoms with Crippen molar-refractivity contribution >= 4 is 11.3 Å². The van der Waals surface area contributed by atoms with Crippen LogP contribution in [0.2, 0.25) is 0 Å². The monoisotopic (exact) mass is 256 g/mol. The maximum Gasteiger partial charge on any atom is 0.0956 e. The first kappa shape index (κ1) is 14.6. The smallest absolute Gasteiger partial charge is 0.0956 e. The van der Waals surface area contributed by atoms with Gasteiger partial charge in [-0.2, -0.15) is 0 Å². The second-order valence-electron chi connectivity index (χ2n) is 5.07. The molecule has 1 heterocycles. The lowest BCUT2D eigenvalue weighted by molar-refractivity contribution is 0.231. The molecule has 0 aromatic carbocycles. The minimum absolute atomic E-state index is 0.235. The maximum absolute atomic E-state index is 9.00. The van der Waals surface area contributed by atoms with Crippen molar-refractivity contribution in [2.75, 3.05) is 13.2 Å². The summed E-state index contributed by atoms with van der Waals surface area (Å²) in [5, 5.41) is 13.7. The normalized spacial score (nSPS) is 15.2. The molecule has 0 saturated carbocycles. The van der Waals surface area contributed by atoms with Crippen molar-refractivity contribution in [3.05, 3.63) is 15.6 Å². The van der Waals surface area contributed by atoms with E-state index in [2.05, 4.69) is 38.0 Å². The average molecular weight is 256 g/mol. The number of rotatable bonds is 6. The molecular formula is C13H24N2OS. The van der Waals surface area contributed by atoms with Crippen molar-refractivity contribution in [1.29, 1.82) is 0 Å². The lowest BCUT2D eigenvalue weighted by Gasteiger charge is -2.15. The number of aliphatic hydroxyl groups is 1. The average Bonchev–Trinajstić information content (AvgIpc) is 2.68. The molecule has 0 saturated heterocycles. The standard InChI is InChI=1S/C13H24N2OS/c1-8(2)13-15-11(5)12(17-13)10(4)14-6-9(3)7-16/h8-10,14,16H,6-7H2,1-5H3. The summed E-state index contributed by atoms with van der Waals surface area (Å²) in [6, 6.07) is 0.314. The minimum Gasteiger partial charge on any atom is -0.396 e. The van der Waals surface area contributed by atoms with Crippen LogP contribution in [-0.4, -0.2) is 23.2 Å². The Balaban J connectivity index is 2.65. The Kier molecular flexibility index (Phi) is 5.56. The zero-order valence-corrected chi connectivity index (χ0v) is 12.3. The van der Waals surface area contributed by atoms with Gasteiger partial charge in [-0.15, -0.1) is 11.3 Å². The molecule has 3 nitrogen and oxygen atoms in total. The van der Waals surface area contributed by atoms with Gasteiger partial charge in [0.05, 0.1) is 10.7 Å². The van der Waals surface area contributed by atoms with Crippen LogP contribution in [0.1, 0.15) is 55.2 Å². The molecule has 0 amide bonds. The highest BCUT2D eigenvalue weighted by molar-refractivity contribution is 7.11. The number of thiazole rings is 1. The van der Waals surface area contributed by atoms with E-state index in [0.717, 1.165) is 12.2 Å². The molecule has 1 aromatic heterocycles. The van der Waals surface area contributed by atoms with Gasteiger partial charge in [0.25, 0.3) is 0 Å². The number of aliphatic hydroxyl groups excluding tert-OH is 1. The largest absolute Gasteiger partial charge is 0.396 e. The van der Waals surface area contributed by atoms with Crippen LogP contribution in [-0.2, 0) is 0 Å². The molecule has 2 N–H and O–H groups in total. The van der Waals surface area contributed by atoms with Gasteiger partial charge in [0.1, 0.15) is 0 Å². The molecule has 0 aliphatic carbocycles. The van der Waals surface area contributed by atoms with Crippen molar-refractivity contribution in [3.63, 3.8) is 0 Å². The van der Waals surface area contributed by atoms with E-state index in [4.69, 9.17) is 5.11 Å². The molecule has 4 heteroatoms. The van der Waals surface area contributed by atoms with E-state index in [9.17, 15) is 0 Å². The summed E-state index contributed by atoms with van der Waals surface area (Å²) in [5.41, 5.74) is 1.13. The summed E-state index contributed by atoms with van der Waals surface area (Å²) < 4.78 is 0. The van der Waals surface area contributed by atoms with Crippen molar-refractivity contribution in [2.24, 2.45) is 5.92 Å². The van der Waals surface area contributed by atoms with Gasteiger partial charge in [-0.1, -0.05) is 20.8 Å². The third-order valence-electron chi connectivity index (χ3n) is 2.82. The Morgan fingerprint density at radius 2 is 1.94 bits per heavy atom. The third kappa shape index (κ3) is 4.05. The van der Waals surface area contributed by atoms with E-state index in [0.29, 0.717) is 17.9 Å². The molecule has 1 aromatic rings. The molecule has 0 aliphatic rings. The van der Waals surface area contributed by atoms with Crippen LogP contribution in [0.4, 0.5) is 0 Å². The Hall–Kier alpha value is -0.450.